The molecular weight excluding hydrogens is 395 g/mol. The molecule has 1 aliphatic heterocycles. The minimum atomic E-state index is -0.555. The number of pyridine rings is 1. The van der Waals surface area contributed by atoms with Gasteiger partial charge in [0.15, 0.2) is 0 Å². The summed E-state index contributed by atoms with van der Waals surface area (Å²) in [6.45, 7) is 7.01. The molecule has 0 bridgehead atoms. The predicted octanol–water partition coefficient (Wildman–Crippen LogP) is 4.43. The van der Waals surface area contributed by atoms with Crippen LogP contribution in [0, 0.1) is 5.82 Å². The summed E-state index contributed by atoms with van der Waals surface area (Å²) < 4.78 is 20.6. The van der Waals surface area contributed by atoms with Crippen LogP contribution >= 0.6 is 0 Å². The van der Waals surface area contributed by atoms with Gasteiger partial charge in [-0.3, -0.25) is 9.78 Å². The largest absolute Gasteiger partial charge is 0.374 e. The van der Waals surface area contributed by atoms with Crippen molar-refractivity contribution < 1.29 is 13.9 Å². The molecule has 7 heteroatoms. The number of aromatic nitrogens is 1. The Morgan fingerprint density at radius 1 is 1.16 bits per heavy atom. The number of amides is 1. The fourth-order valence-corrected chi connectivity index (χ4v) is 4.00. The number of carbonyl (C=O) groups excluding carboxylic acids is 1. The van der Waals surface area contributed by atoms with Gasteiger partial charge < -0.3 is 20.3 Å². The monoisotopic (exact) mass is 422 g/mol. The van der Waals surface area contributed by atoms with Crippen molar-refractivity contribution in [3.63, 3.8) is 0 Å². The number of ether oxygens (including phenoxy) is 1. The first kappa shape index (κ1) is 21.1. The van der Waals surface area contributed by atoms with E-state index in [1.807, 2.05) is 49.1 Å². The molecule has 0 radical (unpaired) electrons. The number of hydrogen-bond donors (Lipinski definition) is 2. The average molecular weight is 423 g/mol. The van der Waals surface area contributed by atoms with Crippen LogP contribution in [0.5, 0.6) is 0 Å². The first-order chi connectivity index (χ1) is 14.9. The Kier molecular flexibility index (Phi) is 6.04. The van der Waals surface area contributed by atoms with Crippen molar-refractivity contribution in [3.8, 4) is 0 Å². The molecule has 162 valence electrons. The molecule has 4 rings (SSSR count). The second-order valence-corrected chi connectivity index (χ2v) is 8.06. The highest BCUT2D eigenvalue weighted by Gasteiger charge is 2.24. The van der Waals surface area contributed by atoms with E-state index in [9.17, 15) is 9.18 Å². The average Bonchev–Trinajstić information content (AvgIpc) is 2.73. The fourth-order valence-electron chi connectivity index (χ4n) is 4.00. The Balaban J connectivity index is 1.44. The Morgan fingerprint density at radius 2 is 1.94 bits per heavy atom. The summed E-state index contributed by atoms with van der Waals surface area (Å²) in [7, 11) is 0. The van der Waals surface area contributed by atoms with Gasteiger partial charge in [0.05, 0.1) is 29.1 Å². The zero-order chi connectivity index (χ0) is 22.0. The Bertz CT molecular complexity index is 1070. The Hall–Kier alpha value is -3.19. The van der Waals surface area contributed by atoms with E-state index in [0.717, 1.165) is 10.9 Å². The smallest absolute Gasteiger partial charge is 0.246 e. The second-order valence-electron chi connectivity index (χ2n) is 8.06. The van der Waals surface area contributed by atoms with Crippen LogP contribution in [-0.2, 0) is 9.53 Å². The molecule has 1 fully saturated rings. The fraction of sp³-hybridized carbons (Fsp3) is 0.333. The van der Waals surface area contributed by atoms with E-state index in [0.29, 0.717) is 30.2 Å². The molecule has 3 aromatic rings. The maximum Gasteiger partial charge on any atom is 0.246 e. The molecule has 1 saturated heterocycles. The van der Waals surface area contributed by atoms with Crippen molar-refractivity contribution in [2.24, 2.45) is 0 Å². The Morgan fingerprint density at radius 3 is 2.68 bits per heavy atom. The van der Waals surface area contributed by atoms with E-state index in [-0.39, 0.29) is 23.9 Å². The van der Waals surface area contributed by atoms with E-state index in [4.69, 9.17) is 4.74 Å². The van der Waals surface area contributed by atoms with Crippen LogP contribution in [0.15, 0.2) is 54.7 Å². The highest BCUT2D eigenvalue weighted by molar-refractivity contribution is 6.03. The molecule has 6 nitrogen and oxygen atoms in total. The third-order valence-electron chi connectivity index (χ3n) is 5.39. The second kappa shape index (κ2) is 8.89. The Labute approximate surface area is 181 Å². The number of benzene rings is 2. The summed E-state index contributed by atoms with van der Waals surface area (Å²) >= 11 is 0. The lowest BCUT2D eigenvalue weighted by atomic mass is 10.1. The zero-order valence-electron chi connectivity index (χ0n) is 17.9. The molecule has 1 aliphatic rings. The normalized spacial score (nSPS) is 19.8. The number of morpholine rings is 1. The number of fused-ring (bicyclic) bond motifs is 1. The van der Waals surface area contributed by atoms with Gasteiger partial charge >= 0.3 is 0 Å². The van der Waals surface area contributed by atoms with E-state index < -0.39 is 6.04 Å². The van der Waals surface area contributed by atoms with Gasteiger partial charge in [0.25, 0.3) is 0 Å². The van der Waals surface area contributed by atoms with Gasteiger partial charge in [0, 0.05) is 30.4 Å². The lowest BCUT2D eigenvalue weighted by molar-refractivity contribution is -0.116. The van der Waals surface area contributed by atoms with Gasteiger partial charge in [0.1, 0.15) is 11.9 Å². The maximum atomic E-state index is 14.8. The number of halogens is 1. The topological polar surface area (TPSA) is 66.5 Å². The lowest BCUT2D eigenvalue weighted by Crippen LogP contribution is -2.45. The third-order valence-corrected chi connectivity index (χ3v) is 5.39. The summed E-state index contributed by atoms with van der Waals surface area (Å²) in [5, 5.41) is 6.89. The van der Waals surface area contributed by atoms with Crippen molar-refractivity contribution in [2.75, 3.05) is 28.6 Å². The standard InChI is InChI=1S/C24H27FN4O2/c1-15-13-29(14-16(2)31-15)23-10-9-18(12-20(23)25)27-17(3)24(30)28-22-8-4-7-21-19(22)6-5-11-26-21/h4-12,15-17,27H,13-14H2,1-3H3,(H,28,30)/t15-,16+,17-/m1/s1. The molecule has 31 heavy (non-hydrogen) atoms. The van der Waals surface area contributed by atoms with Crippen LogP contribution in [-0.4, -0.2) is 42.2 Å². The molecule has 1 aromatic heterocycles. The number of anilines is 3. The van der Waals surface area contributed by atoms with E-state index >= 15 is 0 Å². The van der Waals surface area contributed by atoms with Crippen molar-refractivity contribution >= 4 is 33.9 Å². The highest BCUT2D eigenvalue weighted by atomic mass is 19.1. The summed E-state index contributed by atoms with van der Waals surface area (Å²) in [6.07, 6.45) is 1.82. The van der Waals surface area contributed by atoms with Gasteiger partial charge in [-0.25, -0.2) is 4.39 Å². The molecule has 0 unspecified atom stereocenters. The quantitative estimate of drug-likeness (QED) is 0.637. The predicted molar refractivity (Wildman–Crippen MR) is 122 cm³/mol. The molecule has 2 aromatic carbocycles. The summed E-state index contributed by atoms with van der Waals surface area (Å²) in [6, 6.07) is 13.8. The summed E-state index contributed by atoms with van der Waals surface area (Å²) in [5.74, 6) is -0.532. The first-order valence-corrected chi connectivity index (χ1v) is 10.5. The summed E-state index contributed by atoms with van der Waals surface area (Å²) in [5.41, 5.74) is 2.61. The number of hydrogen-bond acceptors (Lipinski definition) is 5. The van der Waals surface area contributed by atoms with Gasteiger partial charge in [-0.15, -0.1) is 0 Å². The number of rotatable bonds is 5. The van der Waals surface area contributed by atoms with E-state index in [1.54, 1.807) is 25.3 Å². The van der Waals surface area contributed by atoms with Crippen molar-refractivity contribution in [1.82, 2.24) is 4.98 Å². The van der Waals surface area contributed by atoms with Crippen molar-refractivity contribution in [2.45, 2.75) is 39.0 Å². The molecule has 2 N–H and O–H groups in total. The molecule has 0 spiro atoms. The SMILES string of the molecule is C[C@@H]1CN(c2ccc(N[C@H](C)C(=O)Nc3cccc4ncccc34)cc2F)C[C@H](C)O1. The number of nitrogens with one attached hydrogen (secondary N) is 2. The zero-order valence-corrected chi connectivity index (χ0v) is 17.9. The van der Waals surface area contributed by atoms with E-state index in [1.165, 1.54) is 6.07 Å². The minimum absolute atomic E-state index is 0.0499. The molecule has 1 amide bonds. The van der Waals surface area contributed by atoms with Gasteiger partial charge in [-0.1, -0.05) is 6.07 Å². The first-order valence-electron chi connectivity index (χ1n) is 10.5. The van der Waals surface area contributed by atoms with Crippen LogP contribution in [0.2, 0.25) is 0 Å². The molecule has 3 atom stereocenters. The number of nitrogens with zero attached hydrogens (tertiary/aromatic N) is 2. The third kappa shape index (κ3) is 4.77. The van der Waals surface area contributed by atoms with Crippen LogP contribution in [0.4, 0.5) is 21.5 Å². The van der Waals surface area contributed by atoms with E-state index in [2.05, 4.69) is 15.6 Å². The highest BCUT2D eigenvalue weighted by Crippen LogP contribution is 2.27. The van der Waals surface area contributed by atoms with Crippen LogP contribution < -0.4 is 15.5 Å². The molecule has 0 saturated carbocycles. The van der Waals surface area contributed by atoms with Crippen molar-refractivity contribution in [1.29, 1.82) is 0 Å². The van der Waals surface area contributed by atoms with Gasteiger partial charge in [-0.2, -0.15) is 0 Å². The van der Waals surface area contributed by atoms with Crippen LogP contribution in [0.1, 0.15) is 20.8 Å². The van der Waals surface area contributed by atoms with Gasteiger partial charge in [-0.05, 0) is 63.2 Å². The number of carbonyl (C=O) groups is 1. The van der Waals surface area contributed by atoms with Crippen LogP contribution in [0.3, 0.4) is 0 Å². The maximum absolute atomic E-state index is 14.8. The molecule has 2 heterocycles. The molecule has 0 aliphatic carbocycles. The minimum Gasteiger partial charge on any atom is -0.374 e. The lowest BCUT2D eigenvalue weighted by Gasteiger charge is -2.37. The molecular formula is C24H27FN4O2. The van der Waals surface area contributed by atoms with Gasteiger partial charge in [0.2, 0.25) is 5.91 Å². The van der Waals surface area contributed by atoms with Crippen LogP contribution in [0.25, 0.3) is 10.9 Å². The van der Waals surface area contributed by atoms with Crippen molar-refractivity contribution in [3.05, 3.63) is 60.5 Å². The summed E-state index contributed by atoms with van der Waals surface area (Å²) in [4.78, 5) is 19.0.